The number of pyridine rings is 1. The molecule has 1 fully saturated rings. The molecular weight excluding hydrogens is 332 g/mol. The summed E-state index contributed by atoms with van der Waals surface area (Å²) in [5.41, 5.74) is 0.521. The Kier molecular flexibility index (Phi) is 5.54. The first kappa shape index (κ1) is 18.4. The molecule has 3 atom stereocenters. The Balaban J connectivity index is 1.80. The number of anilines is 1. The average Bonchev–Trinajstić information content (AvgIpc) is 2.66. The maximum absolute atomic E-state index is 13.0. The van der Waals surface area contributed by atoms with Crippen molar-refractivity contribution in [2.75, 3.05) is 18.9 Å². The summed E-state index contributed by atoms with van der Waals surface area (Å²) in [6.07, 6.45) is 6.21. The largest absolute Gasteiger partial charge is 0.342 e. The van der Waals surface area contributed by atoms with Crippen molar-refractivity contribution in [3.63, 3.8) is 0 Å². The number of aliphatic imine (C=N–C) groups is 1. The first-order chi connectivity index (χ1) is 12.5. The minimum absolute atomic E-state index is 0.0850. The van der Waals surface area contributed by atoms with E-state index in [0.717, 1.165) is 19.4 Å². The van der Waals surface area contributed by atoms with Crippen molar-refractivity contribution in [2.24, 2.45) is 16.8 Å². The zero-order chi connectivity index (χ0) is 18.7. The summed E-state index contributed by atoms with van der Waals surface area (Å²) in [5.74, 6) is 0.0116. The van der Waals surface area contributed by atoms with Crippen LogP contribution in [0.2, 0.25) is 0 Å². The molecule has 3 rings (SSSR count). The van der Waals surface area contributed by atoms with Gasteiger partial charge >= 0.3 is 0 Å². The second kappa shape index (κ2) is 7.85. The summed E-state index contributed by atoms with van der Waals surface area (Å²) < 4.78 is 1.56. The Morgan fingerprint density at radius 3 is 2.81 bits per heavy atom. The zero-order valence-corrected chi connectivity index (χ0v) is 15.4. The van der Waals surface area contributed by atoms with Crippen molar-refractivity contribution >= 4 is 23.7 Å². The van der Waals surface area contributed by atoms with Gasteiger partial charge in [-0.25, -0.2) is 0 Å². The number of carbonyl (C=O) groups is 2. The van der Waals surface area contributed by atoms with E-state index in [2.05, 4.69) is 10.3 Å². The molecule has 2 amide bonds. The molecule has 0 saturated carbocycles. The average molecular weight is 358 g/mol. The molecule has 1 saturated heterocycles. The van der Waals surface area contributed by atoms with E-state index in [4.69, 9.17) is 0 Å². The molecule has 0 bridgehead atoms. The van der Waals surface area contributed by atoms with Crippen LogP contribution in [-0.2, 0) is 16.1 Å². The molecular formula is C19H26N4O3. The van der Waals surface area contributed by atoms with Crippen LogP contribution in [0.25, 0.3) is 0 Å². The number of hydrogen-bond donors (Lipinski definition) is 1. The van der Waals surface area contributed by atoms with Crippen LogP contribution in [0.15, 0.2) is 28.1 Å². The highest BCUT2D eigenvalue weighted by Gasteiger charge is 2.42. The Labute approximate surface area is 153 Å². The third-order valence-electron chi connectivity index (χ3n) is 5.50. The zero-order valence-electron chi connectivity index (χ0n) is 15.4. The van der Waals surface area contributed by atoms with E-state index in [0.29, 0.717) is 25.1 Å². The number of aromatic nitrogens is 1. The molecule has 7 heteroatoms. The Morgan fingerprint density at radius 2 is 2.12 bits per heavy atom. The summed E-state index contributed by atoms with van der Waals surface area (Å²) >= 11 is 0. The third kappa shape index (κ3) is 3.71. The fourth-order valence-corrected chi connectivity index (χ4v) is 4.05. The van der Waals surface area contributed by atoms with Crippen LogP contribution >= 0.6 is 0 Å². The third-order valence-corrected chi connectivity index (χ3v) is 5.50. The van der Waals surface area contributed by atoms with Crippen molar-refractivity contribution in [1.29, 1.82) is 0 Å². The number of nitrogens with one attached hydrogen (secondary N) is 1. The minimum atomic E-state index is -0.254. The minimum Gasteiger partial charge on any atom is -0.342 e. The van der Waals surface area contributed by atoms with Crippen molar-refractivity contribution in [3.8, 4) is 0 Å². The van der Waals surface area contributed by atoms with E-state index in [-0.39, 0.29) is 35.3 Å². The summed E-state index contributed by atoms with van der Waals surface area (Å²) in [6.45, 7) is 3.18. The molecule has 0 aliphatic carbocycles. The van der Waals surface area contributed by atoms with Gasteiger partial charge < -0.3 is 14.8 Å². The topological polar surface area (TPSA) is 83.8 Å². The number of hydrogen-bond acceptors (Lipinski definition) is 4. The molecule has 140 valence electrons. The van der Waals surface area contributed by atoms with E-state index in [9.17, 15) is 14.4 Å². The molecule has 0 spiro atoms. The van der Waals surface area contributed by atoms with Crippen molar-refractivity contribution in [1.82, 2.24) is 9.47 Å². The van der Waals surface area contributed by atoms with E-state index in [1.54, 1.807) is 28.8 Å². The van der Waals surface area contributed by atoms with Crippen LogP contribution in [0.3, 0.4) is 0 Å². The Hall–Kier alpha value is -2.44. The van der Waals surface area contributed by atoms with Crippen LogP contribution < -0.4 is 10.9 Å². The SMILES string of the molecule is CCn1cc(NC(=O)[C@H]2CCC(=O)N(C)[C@@H]2C2CC=NCC2)ccc1=O. The lowest BCUT2D eigenvalue weighted by Gasteiger charge is -2.43. The van der Waals surface area contributed by atoms with Crippen LogP contribution in [-0.4, -0.2) is 47.1 Å². The van der Waals surface area contributed by atoms with Gasteiger partial charge in [0, 0.05) is 44.9 Å². The normalized spacial score (nSPS) is 26.0. The fourth-order valence-electron chi connectivity index (χ4n) is 4.05. The fraction of sp³-hybridized carbons (Fsp3) is 0.579. The second-order valence-corrected chi connectivity index (χ2v) is 7.04. The molecule has 0 aromatic carbocycles. The quantitative estimate of drug-likeness (QED) is 0.886. The molecule has 2 aliphatic heterocycles. The van der Waals surface area contributed by atoms with Gasteiger partial charge in [-0.3, -0.25) is 19.4 Å². The highest BCUT2D eigenvalue weighted by molar-refractivity contribution is 5.94. The molecule has 1 aromatic heterocycles. The van der Waals surface area contributed by atoms with Gasteiger partial charge in [0.1, 0.15) is 0 Å². The number of piperidine rings is 1. The Bertz CT molecular complexity index is 770. The summed E-state index contributed by atoms with van der Waals surface area (Å²) in [4.78, 5) is 43.0. The van der Waals surface area contributed by atoms with Gasteiger partial charge in [0.15, 0.2) is 0 Å². The first-order valence-corrected chi connectivity index (χ1v) is 9.26. The van der Waals surface area contributed by atoms with Gasteiger partial charge in [-0.15, -0.1) is 0 Å². The lowest BCUT2D eigenvalue weighted by molar-refractivity contribution is -0.142. The van der Waals surface area contributed by atoms with E-state index in [1.807, 2.05) is 13.1 Å². The van der Waals surface area contributed by atoms with Crippen LogP contribution in [0, 0.1) is 11.8 Å². The molecule has 0 radical (unpaired) electrons. The highest BCUT2D eigenvalue weighted by atomic mass is 16.2. The van der Waals surface area contributed by atoms with E-state index < -0.39 is 0 Å². The van der Waals surface area contributed by atoms with Crippen LogP contribution in [0.5, 0.6) is 0 Å². The molecule has 2 aliphatic rings. The summed E-state index contributed by atoms with van der Waals surface area (Å²) in [6, 6.07) is 2.98. The van der Waals surface area contributed by atoms with Crippen LogP contribution in [0.1, 0.15) is 32.6 Å². The maximum Gasteiger partial charge on any atom is 0.250 e. The molecule has 26 heavy (non-hydrogen) atoms. The first-order valence-electron chi connectivity index (χ1n) is 9.26. The molecule has 3 heterocycles. The van der Waals surface area contributed by atoms with Gasteiger partial charge in [0.25, 0.3) is 5.56 Å². The van der Waals surface area contributed by atoms with E-state index in [1.165, 1.54) is 6.07 Å². The van der Waals surface area contributed by atoms with Gasteiger partial charge in [-0.1, -0.05) is 0 Å². The lowest BCUT2D eigenvalue weighted by atomic mass is 9.77. The standard InChI is InChI=1S/C19H26N4O3/c1-3-23-12-14(4-6-17(23)25)21-19(26)15-5-7-16(24)22(2)18(15)13-8-10-20-11-9-13/h4,6,10,12-13,15,18H,3,5,7-9,11H2,1-2H3,(H,21,26)/t13?,15-,18+/m0/s1. The second-order valence-electron chi connectivity index (χ2n) is 7.04. The smallest absolute Gasteiger partial charge is 0.250 e. The maximum atomic E-state index is 13.0. The molecule has 7 nitrogen and oxygen atoms in total. The molecule has 1 unspecified atom stereocenters. The van der Waals surface area contributed by atoms with Gasteiger partial charge in [0.2, 0.25) is 11.8 Å². The van der Waals surface area contributed by atoms with Gasteiger partial charge in [0.05, 0.1) is 11.6 Å². The number of likely N-dealkylation sites (tertiary alicyclic amines) is 1. The predicted molar refractivity (Wildman–Crippen MR) is 100 cm³/mol. The Morgan fingerprint density at radius 1 is 1.31 bits per heavy atom. The summed E-state index contributed by atoms with van der Waals surface area (Å²) in [5, 5.41) is 2.95. The number of carbonyl (C=O) groups excluding carboxylic acids is 2. The number of rotatable bonds is 4. The number of aryl methyl sites for hydroxylation is 1. The molecule has 1 aromatic rings. The van der Waals surface area contributed by atoms with Crippen molar-refractivity contribution in [2.45, 2.75) is 45.2 Å². The highest BCUT2D eigenvalue weighted by Crippen LogP contribution is 2.33. The summed E-state index contributed by atoms with van der Waals surface area (Å²) in [7, 11) is 1.80. The predicted octanol–water partition coefficient (Wildman–Crippen LogP) is 1.52. The number of nitrogens with zero attached hydrogens (tertiary/aromatic N) is 3. The lowest BCUT2D eigenvalue weighted by Crippen LogP contribution is -2.54. The number of amides is 2. The van der Waals surface area contributed by atoms with E-state index >= 15 is 0 Å². The van der Waals surface area contributed by atoms with Gasteiger partial charge in [-0.2, -0.15) is 0 Å². The van der Waals surface area contributed by atoms with Crippen LogP contribution in [0.4, 0.5) is 5.69 Å². The van der Waals surface area contributed by atoms with Gasteiger partial charge in [-0.05, 0) is 44.4 Å². The van der Waals surface area contributed by atoms with Crippen molar-refractivity contribution < 1.29 is 9.59 Å². The monoisotopic (exact) mass is 358 g/mol. The molecule has 1 N–H and O–H groups in total. The van der Waals surface area contributed by atoms with Crippen molar-refractivity contribution in [3.05, 3.63) is 28.7 Å².